The zero-order valence-corrected chi connectivity index (χ0v) is 22.8. The second kappa shape index (κ2) is 8.57. The number of ether oxygens (including phenoxy) is 3. The molecule has 1 heterocycles. The molecule has 7 heteroatoms. The molecule has 4 aliphatic carbocycles. The third kappa shape index (κ3) is 3.01. The zero-order chi connectivity index (χ0) is 25.5. The van der Waals surface area contributed by atoms with Crippen molar-refractivity contribution in [2.45, 2.75) is 84.0 Å². The number of thiol groups is 1. The molecule has 35 heavy (non-hydrogen) atoms. The van der Waals surface area contributed by atoms with Gasteiger partial charge in [-0.25, -0.2) is 0 Å². The van der Waals surface area contributed by atoms with Crippen molar-refractivity contribution < 1.29 is 28.9 Å². The molecule has 196 valence electrons. The minimum absolute atomic E-state index is 0.0162. The molecule has 1 aliphatic heterocycles. The molecule has 4 bridgehead atoms. The van der Waals surface area contributed by atoms with Gasteiger partial charge in [-0.2, -0.15) is 12.6 Å². The fourth-order valence-corrected chi connectivity index (χ4v) is 9.97. The van der Waals surface area contributed by atoms with Crippen LogP contribution in [0.4, 0.5) is 0 Å². The molecule has 5 aliphatic rings. The molecular formula is C28H42O6S. The summed E-state index contributed by atoms with van der Waals surface area (Å²) in [7, 11) is 1.69. The van der Waals surface area contributed by atoms with E-state index in [1.54, 1.807) is 7.11 Å². The van der Waals surface area contributed by atoms with E-state index in [9.17, 15) is 14.7 Å². The number of carboxylic acid groups (broad SMARTS) is 1. The maximum atomic E-state index is 13.5. The Morgan fingerprint density at radius 3 is 2.60 bits per heavy atom. The van der Waals surface area contributed by atoms with Gasteiger partial charge in [0.1, 0.15) is 11.7 Å². The van der Waals surface area contributed by atoms with E-state index in [1.165, 1.54) is 0 Å². The van der Waals surface area contributed by atoms with Gasteiger partial charge in [-0.05, 0) is 55.8 Å². The van der Waals surface area contributed by atoms with Crippen LogP contribution in [0.25, 0.3) is 0 Å². The quantitative estimate of drug-likeness (QED) is 0.298. The first kappa shape index (κ1) is 25.7. The van der Waals surface area contributed by atoms with Gasteiger partial charge in [0.15, 0.2) is 6.29 Å². The first-order valence-electron chi connectivity index (χ1n) is 13.4. The number of hydrogen-bond donors (Lipinski definition) is 2. The SMILES string of the molecule is CO[C@H]1[C@@H](C)[C@H](S)[C@H](OCC23CC4C(C)CCC4C4(C=O)CC2C=C(C(C)C)C43C(=O)O)O[C@@H]1C. The number of rotatable bonds is 7. The maximum absolute atomic E-state index is 13.5. The first-order valence-corrected chi connectivity index (χ1v) is 13.9. The Hall–Kier alpha value is -0.890. The largest absolute Gasteiger partial charge is 0.481 e. The lowest BCUT2D eigenvalue weighted by atomic mass is 9.43. The van der Waals surface area contributed by atoms with Crippen molar-refractivity contribution in [2.24, 2.45) is 51.8 Å². The molecule has 0 spiro atoms. The first-order chi connectivity index (χ1) is 16.5. The van der Waals surface area contributed by atoms with Crippen molar-refractivity contribution in [2.75, 3.05) is 13.7 Å². The van der Waals surface area contributed by atoms with E-state index < -0.39 is 28.5 Å². The molecule has 5 rings (SSSR count). The van der Waals surface area contributed by atoms with Crippen LogP contribution in [0.5, 0.6) is 0 Å². The third-order valence-electron chi connectivity index (χ3n) is 11.0. The normalized spacial score (nSPS) is 52.5. The Bertz CT molecular complexity index is 919. The minimum atomic E-state index is -1.22. The number of carbonyl (C=O) groups is 2. The molecule has 4 fully saturated rings. The van der Waals surface area contributed by atoms with Gasteiger partial charge in [-0.1, -0.05) is 45.8 Å². The number of allylic oxidation sites excluding steroid dienone is 1. The topological polar surface area (TPSA) is 82.1 Å². The average molecular weight is 507 g/mol. The van der Waals surface area contributed by atoms with Gasteiger partial charge in [0.2, 0.25) is 0 Å². The van der Waals surface area contributed by atoms with Crippen molar-refractivity contribution in [1.29, 1.82) is 0 Å². The highest BCUT2D eigenvalue weighted by Crippen LogP contribution is 2.82. The number of aldehydes is 1. The lowest BCUT2D eigenvalue weighted by Crippen LogP contribution is -2.64. The second-order valence-electron chi connectivity index (χ2n) is 12.6. The van der Waals surface area contributed by atoms with E-state index in [4.69, 9.17) is 26.8 Å². The second-order valence-corrected chi connectivity index (χ2v) is 13.2. The summed E-state index contributed by atoms with van der Waals surface area (Å²) in [5, 5.41) is 10.9. The Labute approximate surface area is 214 Å². The van der Waals surface area contributed by atoms with Gasteiger partial charge in [-0.3, -0.25) is 4.79 Å². The molecule has 1 saturated heterocycles. The van der Waals surface area contributed by atoms with Crippen LogP contribution in [-0.4, -0.2) is 54.8 Å². The monoisotopic (exact) mass is 506 g/mol. The van der Waals surface area contributed by atoms with Crippen molar-refractivity contribution in [3.63, 3.8) is 0 Å². The smallest absolute Gasteiger partial charge is 0.315 e. The van der Waals surface area contributed by atoms with E-state index in [2.05, 4.69) is 33.8 Å². The molecular weight excluding hydrogens is 464 g/mol. The van der Waals surface area contributed by atoms with Crippen LogP contribution in [-0.2, 0) is 23.8 Å². The van der Waals surface area contributed by atoms with Crippen molar-refractivity contribution in [1.82, 2.24) is 0 Å². The highest BCUT2D eigenvalue weighted by molar-refractivity contribution is 7.81. The Morgan fingerprint density at radius 2 is 2.00 bits per heavy atom. The molecule has 12 atom stereocenters. The van der Waals surface area contributed by atoms with Crippen molar-refractivity contribution >= 4 is 24.9 Å². The van der Waals surface area contributed by atoms with Gasteiger partial charge >= 0.3 is 5.97 Å². The van der Waals surface area contributed by atoms with Gasteiger partial charge < -0.3 is 24.1 Å². The molecule has 0 amide bonds. The third-order valence-corrected chi connectivity index (χ3v) is 11.8. The summed E-state index contributed by atoms with van der Waals surface area (Å²) in [5.74, 6) is 0.287. The highest BCUT2D eigenvalue weighted by Gasteiger charge is 2.84. The Morgan fingerprint density at radius 1 is 1.29 bits per heavy atom. The van der Waals surface area contributed by atoms with Crippen LogP contribution >= 0.6 is 12.6 Å². The molecule has 3 saturated carbocycles. The van der Waals surface area contributed by atoms with Crippen LogP contribution in [0, 0.1) is 51.8 Å². The summed E-state index contributed by atoms with van der Waals surface area (Å²) in [4.78, 5) is 26.7. The van der Waals surface area contributed by atoms with Crippen molar-refractivity contribution in [3.05, 3.63) is 11.6 Å². The molecule has 0 aromatic rings. The fourth-order valence-electron chi connectivity index (χ4n) is 9.65. The zero-order valence-electron chi connectivity index (χ0n) is 21.9. The van der Waals surface area contributed by atoms with E-state index in [-0.39, 0.29) is 47.7 Å². The summed E-state index contributed by atoms with van der Waals surface area (Å²) in [6.45, 7) is 10.8. The summed E-state index contributed by atoms with van der Waals surface area (Å²) >= 11 is 4.84. The van der Waals surface area contributed by atoms with E-state index >= 15 is 0 Å². The molecule has 1 N–H and O–H groups in total. The molecule has 0 aromatic carbocycles. The average Bonchev–Trinajstić information content (AvgIpc) is 3.38. The van der Waals surface area contributed by atoms with Gasteiger partial charge in [-0.15, -0.1) is 0 Å². The highest BCUT2D eigenvalue weighted by atomic mass is 32.1. The predicted molar refractivity (Wildman–Crippen MR) is 135 cm³/mol. The van der Waals surface area contributed by atoms with Gasteiger partial charge in [0, 0.05) is 18.4 Å². The number of carboxylic acids is 1. The maximum Gasteiger partial charge on any atom is 0.315 e. The fraction of sp³-hybridized carbons (Fsp3) is 0.857. The standard InChI is InChI=1S/C28H42O6S/c1-14(2)21-9-18-10-26(12-29)20-8-7-15(3)19(20)11-27(18,28(21,26)25(30)31)13-33-24-23(35)16(4)22(32-6)17(5)34-24/h9,12,14-20,22-24,35H,7-8,10-11,13H2,1-6H3,(H,30,31)/t15?,16-,17-,18?,19?,20?,22+,23+,24-,26?,27?,28?/m1/s1. The van der Waals surface area contributed by atoms with Crippen LogP contribution in [0.3, 0.4) is 0 Å². The molecule has 0 radical (unpaired) electrons. The molecule has 6 nitrogen and oxygen atoms in total. The number of aliphatic carboxylic acids is 1. The lowest BCUT2D eigenvalue weighted by Gasteiger charge is -2.58. The van der Waals surface area contributed by atoms with Gasteiger partial charge in [0.05, 0.1) is 29.5 Å². The van der Waals surface area contributed by atoms with Crippen LogP contribution < -0.4 is 0 Å². The van der Waals surface area contributed by atoms with E-state index in [0.717, 1.165) is 31.1 Å². The number of methoxy groups -OCH3 is 1. The summed E-state index contributed by atoms with van der Waals surface area (Å²) in [6, 6.07) is 0. The summed E-state index contributed by atoms with van der Waals surface area (Å²) < 4.78 is 18.4. The minimum Gasteiger partial charge on any atom is -0.481 e. The molecule has 0 aromatic heterocycles. The molecule has 7 unspecified atom stereocenters. The van der Waals surface area contributed by atoms with Crippen LogP contribution in [0.1, 0.15) is 60.3 Å². The summed E-state index contributed by atoms with van der Waals surface area (Å²) in [6.07, 6.45) is 5.88. The van der Waals surface area contributed by atoms with Gasteiger partial charge in [0.25, 0.3) is 0 Å². The number of hydrogen-bond acceptors (Lipinski definition) is 6. The van der Waals surface area contributed by atoms with E-state index in [0.29, 0.717) is 18.3 Å². The van der Waals surface area contributed by atoms with Crippen LogP contribution in [0.15, 0.2) is 11.6 Å². The van der Waals surface area contributed by atoms with Crippen molar-refractivity contribution in [3.8, 4) is 0 Å². The summed E-state index contributed by atoms with van der Waals surface area (Å²) in [5.41, 5.74) is -1.81. The number of carbonyl (C=O) groups excluding carboxylic acids is 1. The Kier molecular flexibility index (Phi) is 6.31. The lowest BCUT2D eigenvalue weighted by molar-refractivity contribution is -0.252. The number of fused-ring (bicyclic) bond motifs is 2. The Balaban J connectivity index is 1.57. The predicted octanol–water partition coefficient (Wildman–Crippen LogP) is 4.62. The van der Waals surface area contributed by atoms with E-state index in [1.807, 2.05) is 6.92 Å². The van der Waals surface area contributed by atoms with Crippen LogP contribution in [0.2, 0.25) is 0 Å².